The molecule has 1 aliphatic carbocycles. The first kappa shape index (κ1) is 12.6. The third-order valence-electron chi connectivity index (χ3n) is 3.00. The SMILES string of the molecule is CC1=CC(C)CC(=COC(=O)c2ccccc2)C1. The lowest BCUT2D eigenvalue weighted by Gasteiger charge is -2.18. The minimum atomic E-state index is -0.289. The van der Waals surface area contributed by atoms with Crippen LogP contribution in [0.5, 0.6) is 0 Å². The van der Waals surface area contributed by atoms with Crippen LogP contribution in [-0.2, 0) is 4.74 Å². The minimum Gasteiger partial charge on any atom is -0.431 e. The third-order valence-corrected chi connectivity index (χ3v) is 3.00. The van der Waals surface area contributed by atoms with Gasteiger partial charge in [0.1, 0.15) is 0 Å². The molecule has 1 aromatic carbocycles. The van der Waals surface area contributed by atoms with Gasteiger partial charge in [0.15, 0.2) is 0 Å². The largest absolute Gasteiger partial charge is 0.431 e. The van der Waals surface area contributed by atoms with E-state index in [1.54, 1.807) is 18.4 Å². The Bertz CT molecular complexity index is 483. The summed E-state index contributed by atoms with van der Waals surface area (Å²) < 4.78 is 5.24. The molecular formula is C16H18O2. The van der Waals surface area contributed by atoms with Crippen LogP contribution < -0.4 is 0 Å². The Morgan fingerprint density at radius 3 is 2.72 bits per heavy atom. The van der Waals surface area contributed by atoms with Crippen molar-refractivity contribution >= 4 is 5.97 Å². The Kier molecular flexibility index (Phi) is 3.98. The van der Waals surface area contributed by atoms with E-state index in [0.29, 0.717) is 11.5 Å². The van der Waals surface area contributed by atoms with Crippen LogP contribution in [0, 0.1) is 5.92 Å². The molecule has 1 atom stereocenters. The van der Waals surface area contributed by atoms with Gasteiger partial charge >= 0.3 is 5.97 Å². The number of hydrogen-bond acceptors (Lipinski definition) is 2. The monoisotopic (exact) mass is 242 g/mol. The van der Waals surface area contributed by atoms with E-state index >= 15 is 0 Å². The summed E-state index contributed by atoms with van der Waals surface area (Å²) >= 11 is 0. The highest BCUT2D eigenvalue weighted by Crippen LogP contribution is 2.27. The van der Waals surface area contributed by atoms with Crippen LogP contribution in [0.15, 0.2) is 53.8 Å². The zero-order valence-electron chi connectivity index (χ0n) is 10.8. The molecule has 0 heterocycles. The van der Waals surface area contributed by atoms with Crippen molar-refractivity contribution in [3.8, 4) is 0 Å². The van der Waals surface area contributed by atoms with Gasteiger partial charge in [-0.15, -0.1) is 0 Å². The zero-order chi connectivity index (χ0) is 13.0. The lowest BCUT2D eigenvalue weighted by atomic mass is 9.89. The molecule has 1 aromatic rings. The molecular weight excluding hydrogens is 224 g/mol. The van der Waals surface area contributed by atoms with Crippen LogP contribution in [0.1, 0.15) is 37.0 Å². The van der Waals surface area contributed by atoms with Crippen molar-refractivity contribution in [1.82, 2.24) is 0 Å². The van der Waals surface area contributed by atoms with Crippen LogP contribution in [-0.4, -0.2) is 5.97 Å². The van der Waals surface area contributed by atoms with Crippen LogP contribution in [0.25, 0.3) is 0 Å². The average molecular weight is 242 g/mol. The lowest BCUT2D eigenvalue weighted by molar-refractivity contribution is 0.0659. The van der Waals surface area contributed by atoms with Gasteiger partial charge in [-0.05, 0) is 43.4 Å². The van der Waals surface area contributed by atoms with Crippen molar-refractivity contribution in [2.24, 2.45) is 5.92 Å². The molecule has 0 spiro atoms. The van der Waals surface area contributed by atoms with Gasteiger partial charge in [0.05, 0.1) is 11.8 Å². The summed E-state index contributed by atoms with van der Waals surface area (Å²) in [6.45, 7) is 4.29. The second-order valence-electron chi connectivity index (χ2n) is 4.92. The molecule has 1 unspecified atom stereocenters. The molecule has 0 bridgehead atoms. The van der Waals surface area contributed by atoms with Gasteiger partial charge in [-0.1, -0.05) is 36.8 Å². The first-order chi connectivity index (χ1) is 8.65. The fourth-order valence-corrected chi connectivity index (χ4v) is 2.32. The molecule has 0 aromatic heterocycles. The Morgan fingerprint density at radius 1 is 1.33 bits per heavy atom. The maximum Gasteiger partial charge on any atom is 0.342 e. The fourth-order valence-electron chi connectivity index (χ4n) is 2.32. The second-order valence-corrected chi connectivity index (χ2v) is 4.92. The highest BCUT2D eigenvalue weighted by Gasteiger charge is 2.12. The van der Waals surface area contributed by atoms with Crippen molar-refractivity contribution in [3.63, 3.8) is 0 Å². The van der Waals surface area contributed by atoms with Gasteiger partial charge < -0.3 is 4.74 Å². The van der Waals surface area contributed by atoms with Gasteiger partial charge in [-0.3, -0.25) is 0 Å². The van der Waals surface area contributed by atoms with Gasteiger partial charge in [0.25, 0.3) is 0 Å². The van der Waals surface area contributed by atoms with Crippen molar-refractivity contribution < 1.29 is 9.53 Å². The molecule has 2 heteroatoms. The standard InChI is InChI=1S/C16H18O2/c1-12-8-13(2)10-14(9-12)11-18-16(17)15-6-4-3-5-7-15/h3-8,11-12H,9-10H2,1-2H3. The van der Waals surface area contributed by atoms with E-state index in [0.717, 1.165) is 12.8 Å². The van der Waals surface area contributed by atoms with E-state index in [9.17, 15) is 4.79 Å². The molecule has 2 nitrogen and oxygen atoms in total. The van der Waals surface area contributed by atoms with Crippen LogP contribution >= 0.6 is 0 Å². The average Bonchev–Trinajstić information content (AvgIpc) is 2.36. The number of carbonyl (C=O) groups excluding carboxylic acids is 1. The molecule has 0 N–H and O–H groups in total. The molecule has 0 saturated carbocycles. The summed E-state index contributed by atoms with van der Waals surface area (Å²) in [7, 11) is 0. The van der Waals surface area contributed by atoms with Gasteiger partial charge in [-0.2, -0.15) is 0 Å². The number of ether oxygens (including phenoxy) is 1. The zero-order valence-corrected chi connectivity index (χ0v) is 10.8. The van der Waals surface area contributed by atoms with Gasteiger partial charge in [-0.25, -0.2) is 4.79 Å². The minimum absolute atomic E-state index is 0.289. The molecule has 0 radical (unpaired) electrons. The topological polar surface area (TPSA) is 26.3 Å². The lowest BCUT2D eigenvalue weighted by Crippen LogP contribution is -2.05. The number of carbonyl (C=O) groups is 1. The highest BCUT2D eigenvalue weighted by molar-refractivity contribution is 5.89. The highest BCUT2D eigenvalue weighted by atomic mass is 16.5. The Morgan fingerprint density at radius 2 is 2.06 bits per heavy atom. The maximum atomic E-state index is 11.8. The first-order valence-electron chi connectivity index (χ1n) is 6.26. The van der Waals surface area contributed by atoms with Crippen molar-refractivity contribution in [3.05, 3.63) is 59.4 Å². The van der Waals surface area contributed by atoms with Crippen LogP contribution in [0.4, 0.5) is 0 Å². The molecule has 0 fully saturated rings. The van der Waals surface area contributed by atoms with E-state index in [-0.39, 0.29) is 5.97 Å². The Hall–Kier alpha value is -1.83. The van der Waals surface area contributed by atoms with E-state index in [4.69, 9.17) is 4.74 Å². The van der Waals surface area contributed by atoms with Crippen LogP contribution in [0.3, 0.4) is 0 Å². The van der Waals surface area contributed by atoms with E-state index in [1.807, 2.05) is 18.2 Å². The quantitative estimate of drug-likeness (QED) is 0.443. The first-order valence-corrected chi connectivity index (χ1v) is 6.26. The van der Waals surface area contributed by atoms with E-state index in [1.165, 1.54) is 11.1 Å². The van der Waals surface area contributed by atoms with Crippen molar-refractivity contribution in [1.29, 1.82) is 0 Å². The predicted octanol–water partition coefficient (Wildman–Crippen LogP) is 4.10. The second kappa shape index (κ2) is 5.67. The van der Waals surface area contributed by atoms with Crippen molar-refractivity contribution in [2.45, 2.75) is 26.7 Å². The Balaban J connectivity index is 1.99. The summed E-state index contributed by atoms with van der Waals surface area (Å²) in [5.41, 5.74) is 3.12. The number of hydrogen-bond donors (Lipinski definition) is 0. The molecule has 0 amide bonds. The summed E-state index contributed by atoms with van der Waals surface area (Å²) in [5, 5.41) is 0. The molecule has 94 valence electrons. The van der Waals surface area contributed by atoms with E-state index in [2.05, 4.69) is 19.9 Å². The fraction of sp³-hybridized carbons (Fsp3) is 0.312. The maximum absolute atomic E-state index is 11.8. The van der Waals surface area contributed by atoms with Crippen LogP contribution in [0.2, 0.25) is 0 Å². The molecule has 1 aliphatic rings. The van der Waals surface area contributed by atoms with E-state index < -0.39 is 0 Å². The molecule has 18 heavy (non-hydrogen) atoms. The molecule has 0 aliphatic heterocycles. The Labute approximate surface area is 108 Å². The predicted molar refractivity (Wildman–Crippen MR) is 72.1 cm³/mol. The number of rotatable bonds is 2. The third kappa shape index (κ3) is 3.33. The summed E-state index contributed by atoms with van der Waals surface area (Å²) in [4.78, 5) is 11.8. The number of allylic oxidation sites excluding steroid dienone is 3. The summed E-state index contributed by atoms with van der Waals surface area (Å²) in [6, 6.07) is 9.07. The molecule has 2 rings (SSSR count). The summed E-state index contributed by atoms with van der Waals surface area (Å²) in [5.74, 6) is 0.239. The number of benzene rings is 1. The van der Waals surface area contributed by atoms with Gasteiger partial charge in [0, 0.05) is 0 Å². The molecule has 0 saturated heterocycles. The normalized spacial score (nSPS) is 21.6. The van der Waals surface area contributed by atoms with Gasteiger partial charge in [0.2, 0.25) is 0 Å². The van der Waals surface area contributed by atoms with Crippen molar-refractivity contribution in [2.75, 3.05) is 0 Å². The number of esters is 1. The smallest absolute Gasteiger partial charge is 0.342 e. The summed E-state index contributed by atoms with van der Waals surface area (Å²) in [6.07, 6.45) is 5.78.